The van der Waals surface area contributed by atoms with E-state index in [-0.39, 0.29) is 0 Å². The molecule has 0 amide bonds. The monoisotopic (exact) mass is 264 g/mol. The van der Waals surface area contributed by atoms with Crippen LogP contribution in [0.3, 0.4) is 0 Å². The number of nitrogens with two attached hydrogens (primary N) is 2. The van der Waals surface area contributed by atoms with Crippen LogP contribution in [-0.2, 0) is 0 Å². The molecule has 20 heavy (non-hydrogen) atoms. The first-order valence-corrected chi connectivity index (χ1v) is 6.63. The summed E-state index contributed by atoms with van der Waals surface area (Å²) in [5.41, 5.74) is 15.3. The van der Waals surface area contributed by atoms with Crippen LogP contribution >= 0.6 is 0 Å². The zero-order chi connectivity index (χ0) is 14.5. The Kier molecular flexibility index (Phi) is 4.26. The first-order chi connectivity index (χ1) is 9.56. The molecule has 0 aliphatic carbocycles. The SMILES string of the molecule is Cc1ccc(C)c(N)c1.Nc1ccc2ccccc2c1. The topological polar surface area (TPSA) is 52.0 Å². The van der Waals surface area contributed by atoms with E-state index in [1.165, 1.54) is 16.3 Å². The van der Waals surface area contributed by atoms with Gasteiger partial charge in [0.05, 0.1) is 0 Å². The maximum atomic E-state index is 5.62. The van der Waals surface area contributed by atoms with Crippen molar-refractivity contribution in [2.45, 2.75) is 13.8 Å². The molecule has 0 radical (unpaired) electrons. The Labute approximate surface area is 120 Å². The highest BCUT2D eigenvalue weighted by molar-refractivity contribution is 5.85. The Morgan fingerprint density at radius 1 is 0.700 bits per heavy atom. The first-order valence-electron chi connectivity index (χ1n) is 6.63. The van der Waals surface area contributed by atoms with Gasteiger partial charge in [0, 0.05) is 11.4 Å². The van der Waals surface area contributed by atoms with Crippen LogP contribution in [0.15, 0.2) is 60.7 Å². The van der Waals surface area contributed by atoms with Crippen molar-refractivity contribution < 1.29 is 0 Å². The average molecular weight is 264 g/mol. The minimum Gasteiger partial charge on any atom is -0.399 e. The van der Waals surface area contributed by atoms with E-state index >= 15 is 0 Å². The molecular weight excluding hydrogens is 244 g/mol. The standard InChI is InChI=1S/C10H9N.C8H11N/c11-10-6-5-8-3-1-2-4-9(8)7-10;1-6-3-4-7(2)8(9)5-6/h1-7H,11H2;3-5H,9H2,1-2H3. The van der Waals surface area contributed by atoms with Gasteiger partial charge in [-0.05, 0) is 53.9 Å². The zero-order valence-electron chi connectivity index (χ0n) is 11.9. The zero-order valence-corrected chi connectivity index (χ0v) is 11.9. The number of hydrogen-bond acceptors (Lipinski definition) is 2. The second kappa shape index (κ2) is 6.11. The lowest BCUT2D eigenvalue weighted by molar-refractivity contribution is 1.40. The highest BCUT2D eigenvalue weighted by atomic mass is 14.5. The van der Waals surface area contributed by atoms with Crippen molar-refractivity contribution in [3.63, 3.8) is 0 Å². The van der Waals surface area contributed by atoms with Crippen LogP contribution in [0.4, 0.5) is 11.4 Å². The molecule has 0 aromatic heterocycles. The third-order valence-corrected chi connectivity index (χ3v) is 3.21. The molecule has 102 valence electrons. The summed E-state index contributed by atoms with van der Waals surface area (Å²) in [5.74, 6) is 0. The van der Waals surface area contributed by atoms with Crippen molar-refractivity contribution in [3.05, 3.63) is 71.8 Å². The normalized spacial score (nSPS) is 9.90. The van der Waals surface area contributed by atoms with Gasteiger partial charge in [-0.25, -0.2) is 0 Å². The van der Waals surface area contributed by atoms with Gasteiger partial charge in [0.15, 0.2) is 0 Å². The molecule has 2 heteroatoms. The third kappa shape index (κ3) is 3.51. The molecule has 0 unspecified atom stereocenters. The lowest BCUT2D eigenvalue weighted by Gasteiger charge is -1.98. The molecule has 2 nitrogen and oxygen atoms in total. The number of fused-ring (bicyclic) bond motifs is 1. The van der Waals surface area contributed by atoms with Gasteiger partial charge in [-0.3, -0.25) is 0 Å². The predicted octanol–water partition coefficient (Wildman–Crippen LogP) is 4.31. The van der Waals surface area contributed by atoms with Crippen molar-refractivity contribution in [3.8, 4) is 0 Å². The van der Waals surface area contributed by atoms with E-state index in [1.807, 2.05) is 56.3 Å². The quantitative estimate of drug-likeness (QED) is 0.594. The molecule has 0 heterocycles. The Bertz CT molecular complexity index is 717. The van der Waals surface area contributed by atoms with Crippen LogP contribution in [0.2, 0.25) is 0 Å². The summed E-state index contributed by atoms with van der Waals surface area (Å²) >= 11 is 0. The van der Waals surface area contributed by atoms with Crippen molar-refractivity contribution in [1.82, 2.24) is 0 Å². The van der Waals surface area contributed by atoms with Gasteiger partial charge in [0.2, 0.25) is 0 Å². The number of rotatable bonds is 0. The Morgan fingerprint density at radius 2 is 1.40 bits per heavy atom. The first kappa shape index (κ1) is 13.9. The van der Waals surface area contributed by atoms with Gasteiger partial charge in [0.25, 0.3) is 0 Å². The lowest BCUT2D eigenvalue weighted by Crippen LogP contribution is -1.88. The lowest BCUT2D eigenvalue weighted by atomic mass is 10.1. The van der Waals surface area contributed by atoms with Gasteiger partial charge in [-0.2, -0.15) is 0 Å². The van der Waals surface area contributed by atoms with Crippen LogP contribution in [0.25, 0.3) is 10.8 Å². The fourth-order valence-electron chi connectivity index (χ4n) is 1.97. The van der Waals surface area contributed by atoms with Crippen molar-refractivity contribution in [2.24, 2.45) is 0 Å². The second-order valence-corrected chi connectivity index (χ2v) is 4.97. The highest BCUT2D eigenvalue weighted by Crippen LogP contribution is 2.16. The minimum absolute atomic E-state index is 0.823. The van der Waals surface area contributed by atoms with E-state index in [1.54, 1.807) is 0 Å². The van der Waals surface area contributed by atoms with Crippen molar-refractivity contribution >= 4 is 22.1 Å². The van der Waals surface area contributed by atoms with E-state index < -0.39 is 0 Å². The molecule has 4 N–H and O–H groups in total. The van der Waals surface area contributed by atoms with Gasteiger partial charge in [-0.15, -0.1) is 0 Å². The summed E-state index contributed by atoms with van der Waals surface area (Å²) in [6, 6.07) is 20.2. The predicted molar refractivity (Wildman–Crippen MR) is 88.7 cm³/mol. The maximum absolute atomic E-state index is 5.62. The van der Waals surface area contributed by atoms with Crippen molar-refractivity contribution in [2.75, 3.05) is 11.5 Å². The molecule has 0 saturated carbocycles. The van der Waals surface area contributed by atoms with Gasteiger partial charge >= 0.3 is 0 Å². The molecule has 0 spiro atoms. The largest absolute Gasteiger partial charge is 0.399 e. The average Bonchev–Trinajstić information content (AvgIpc) is 2.44. The van der Waals surface area contributed by atoms with Crippen molar-refractivity contribution in [1.29, 1.82) is 0 Å². The molecule has 0 fully saturated rings. The van der Waals surface area contributed by atoms with Crippen LogP contribution in [0, 0.1) is 13.8 Å². The fraction of sp³-hybridized carbons (Fsp3) is 0.111. The Hall–Kier alpha value is -2.48. The number of anilines is 2. The second-order valence-electron chi connectivity index (χ2n) is 4.97. The summed E-state index contributed by atoms with van der Waals surface area (Å²) < 4.78 is 0. The highest BCUT2D eigenvalue weighted by Gasteiger charge is 1.90. The molecule has 3 rings (SSSR count). The van der Waals surface area contributed by atoms with E-state index in [9.17, 15) is 0 Å². The summed E-state index contributed by atoms with van der Waals surface area (Å²) in [6.45, 7) is 4.05. The number of benzene rings is 3. The van der Waals surface area contributed by atoms with Gasteiger partial charge in [-0.1, -0.05) is 42.5 Å². The summed E-state index contributed by atoms with van der Waals surface area (Å²) in [7, 11) is 0. The van der Waals surface area contributed by atoms with Crippen LogP contribution in [0.1, 0.15) is 11.1 Å². The molecule has 0 aliphatic rings. The van der Waals surface area contributed by atoms with Crippen LogP contribution < -0.4 is 11.5 Å². The minimum atomic E-state index is 0.823. The molecule has 3 aromatic carbocycles. The van der Waals surface area contributed by atoms with Gasteiger partial charge < -0.3 is 11.5 Å². The maximum Gasteiger partial charge on any atom is 0.0346 e. The summed E-state index contributed by atoms with van der Waals surface area (Å²) in [4.78, 5) is 0. The third-order valence-electron chi connectivity index (χ3n) is 3.21. The molecule has 0 saturated heterocycles. The molecule has 0 bridgehead atoms. The Morgan fingerprint density at radius 3 is 2.05 bits per heavy atom. The number of aryl methyl sites for hydroxylation is 2. The fourth-order valence-corrected chi connectivity index (χ4v) is 1.97. The summed E-state index contributed by atoms with van der Waals surface area (Å²) in [5, 5.41) is 2.44. The van der Waals surface area contributed by atoms with E-state index in [4.69, 9.17) is 11.5 Å². The molecular formula is C18H20N2. The molecule has 0 aliphatic heterocycles. The van der Waals surface area contributed by atoms with E-state index in [2.05, 4.69) is 18.2 Å². The number of hydrogen-bond donors (Lipinski definition) is 2. The Balaban J connectivity index is 0.000000151. The molecule has 0 atom stereocenters. The smallest absolute Gasteiger partial charge is 0.0346 e. The van der Waals surface area contributed by atoms with E-state index in [0.717, 1.165) is 16.9 Å². The van der Waals surface area contributed by atoms with E-state index in [0.29, 0.717) is 0 Å². The number of nitrogen functional groups attached to an aromatic ring is 2. The van der Waals surface area contributed by atoms with Gasteiger partial charge in [0.1, 0.15) is 0 Å². The van der Waals surface area contributed by atoms with Crippen LogP contribution in [0.5, 0.6) is 0 Å². The molecule has 3 aromatic rings. The summed E-state index contributed by atoms with van der Waals surface area (Å²) in [6.07, 6.45) is 0. The van der Waals surface area contributed by atoms with Crippen LogP contribution in [-0.4, -0.2) is 0 Å².